The van der Waals surface area contributed by atoms with Gasteiger partial charge in [0.25, 0.3) is 0 Å². The van der Waals surface area contributed by atoms with Gasteiger partial charge in [-0.1, -0.05) is 43.3 Å². The Morgan fingerprint density at radius 2 is 2.06 bits per heavy atom. The molecule has 2 heteroatoms. The van der Waals surface area contributed by atoms with Crippen LogP contribution in [0.4, 0.5) is 0 Å². The molecule has 0 aromatic heterocycles. The molecule has 0 amide bonds. The van der Waals surface area contributed by atoms with Gasteiger partial charge in [0, 0.05) is 11.3 Å². The summed E-state index contributed by atoms with van der Waals surface area (Å²) >= 11 is 0. The van der Waals surface area contributed by atoms with Crippen molar-refractivity contribution in [3.8, 4) is 0 Å². The lowest BCUT2D eigenvalue weighted by Crippen LogP contribution is -2.37. The highest BCUT2D eigenvalue weighted by atomic mass is 17.2. The predicted molar refractivity (Wildman–Crippen MR) is 66.8 cm³/mol. The second kappa shape index (κ2) is 2.59. The smallest absolute Gasteiger partial charge is 0.138 e. The molecule has 0 unspecified atom stereocenters. The van der Waals surface area contributed by atoms with Gasteiger partial charge in [-0.2, -0.15) is 0 Å². The standard InChI is InChI=1S/C16H16O2/c1-14-9-12(11-5-3-2-4-6-11)16-8-7-13(17-18-16)15(14,16)10-14/h2-8,12-13H,9-10H2,1H3/t12-,13+,14-,15-,16-/m0/s1. The Balaban J connectivity index is 1.70. The molecule has 2 nitrogen and oxygen atoms in total. The minimum atomic E-state index is -0.187. The first-order valence-electron chi connectivity index (χ1n) is 6.81. The van der Waals surface area contributed by atoms with E-state index in [4.69, 9.17) is 9.78 Å². The van der Waals surface area contributed by atoms with E-state index in [-0.39, 0.29) is 17.1 Å². The quantitative estimate of drug-likeness (QED) is 0.554. The Labute approximate surface area is 107 Å². The van der Waals surface area contributed by atoms with Crippen LogP contribution in [0.3, 0.4) is 0 Å². The zero-order valence-electron chi connectivity index (χ0n) is 10.4. The summed E-state index contributed by atoms with van der Waals surface area (Å²) in [5, 5.41) is 0. The molecule has 0 radical (unpaired) electrons. The van der Waals surface area contributed by atoms with Gasteiger partial charge in [0.05, 0.1) is 0 Å². The molecule has 5 rings (SSSR count). The molecule has 1 spiro atoms. The van der Waals surface area contributed by atoms with E-state index in [9.17, 15) is 0 Å². The summed E-state index contributed by atoms with van der Waals surface area (Å²) < 4.78 is 0. The first kappa shape index (κ1) is 9.76. The maximum Gasteiger partial charge on any atom is 0.138 e. The van der Waals surface area contributed by atoms with E-state index in [2.05, 4.69) is 49.4 Å². The lowest BCUT2D eigenvalue weighted by Gasteiger charge is -2.31. The summed E-state index contributed by atoms with van der Waals surface area (Å²) in [7, 11) is 0. The number of benzene rings is 1. The summed E-state index contributed by atoms with van der Waals surface area (Å²) in [6.07, 6.45) is 7.18. The Bertz CT molecular complexity index is 566. The van der Waals surface area contributed by atoms with E-state index in [1.54, 1.807) is 0 Å². The first-order valence-corrected chi connectivity index (χ1v) is 6.81. The molecule has 0 N–H and O–H groups in total. The summed E-state index contributed by atoms with van der Waals surface area (Å²) in [6.45, 7) is 2.41. The normalized spacial score (nSPS) is 54.5. The molecule has 92 valence electrons. The third kappa shape index (κ3) is 0.749. The van der Waals surface area contributed by atoms with Crippen LogP contribution in [0.25, 0.3) is 0 Å². The maximum absolute atomic E-state index is 5.85. The molecule has 1 aromatic rings. The highest BCUT2D eigenvalue weighted by molar-refractivity contribution is 5.48. The molecule has 1 heterocycles. The van der Waals surface area contributed by atoms with Crippen LogP contribution >= 0.6 is 0 Å². The van der Waals surface area contributed by atoms with E-state index >= 15 is 0 Å². The average molecular weight is 240 g/mol. The monoisotopic (exact) mass is 240 g/mol. The van der Waals surface area contributed by atoms with Gasteiger partial charge in [-0.3, -0.25) is 0 Å². The summed E-state index contributed by atoms with van der Waals surface area (Å²) in [5.74, 6) is 0.446. The first-order chi connectivity index (χ1) is 8.72. The Hall–Kier alpha value is -1.12. The van der Waals surface area contributed by atoms with Crippen LogP contribution in [0.1, 0.15) is 31.2 Å². The van der Waals surface area contributed by atoms with Gasteiger partial charge < -0.3 is 0 Å². The fraction of sp³-hybridized carbons (Fsp3) is 0.500. The predicted octanol–water partition coefficient (Wildman–Crippen LogP) is 3.21. The van der Waals surface area contributed by atoms with Crippen LogP contribution in [-0.2, 0) is 9.78 Å². The Kier molecular flexibility index (Phi) is 1.40. The molecule has 2 saturated carbocycles. The van der Waals surface area contributed by atoms with Crippen LogP contribution in [0.5, 0.6) is 0 Å². The molecule has 2 bridgehead atoms. The Morgan fingerprint density at radius 3 is 2.78 bits per heavy atom. The molecule has 4 aliphatic rings. The maximum atomic E-state index is 5.85. The molecule has 5 atom stereocenters. The van der Waals surface area contributed by atoms with Gasteiger partial charge in [-0.15, -0.1) is 0 Å². The van der Waals surface area contributed by atoms with Crippen molar-refractivity contribution in [1.82, 2.24) is 0 Å². The third-order valence-corrected chi connectivity index (χ3v) is 5.99. The van der Waals surface area contributed by atoms with E-state index in [1.807, 2.05) is 0 Å². The zero-order valence-corrected chi connectivity index (χ0v) is 10.4. The van der Waals surface area contributed by atoms with Crippen molar-refractivity contribution in [2.75, 3.05) is 0 Å². The van der Waals surface area contributed by atoms with E-state index in [1.165, 1.54) is 18.4 Å². The number of hydrogen-bond donors (Lipinski definition) is 0. The minimum absolute atomic E-state index is 0.187. The molecule has 1 aromatic carbocycles. The van der Waals surface area contributed by atoms with E-state index < -0.39 is 0 Å². The van der Waals surface area contributed by atoms with Gasteiger partial charge in [-0.25, -0.2) is 9.78 Å². The van der Waals surface area contributed by atoms with Gasteiger partial charge in [-0.05, 0) is 29.9 Å². The van der Waals surface area contributed by atoms with E-state index in [0.717, 1.165) is 0 Å². The van der Waals surface area contributed by atoms with Crippen molar-refractivity contribution in [2.24, 2.45) is 10.8 Å². The van der Waals surface area contributed by atoms with Gasteiger partial charge in [0.2, 0.25) is 0 Å². The van der Waals surface area contributed by atoms with Crippen molar-refractivity contribution in [1.29, 1.82) is 0 Å². The fourth-order valence-corrected chi connectivity index (χ4v) is 5.13. The fourth-order valence-electron chi connectivity index (χ4n) is 5.13. The van der Waals surface area contributed by atoms with Gasteiger partial charge in [0.15, 0.2) is 0 Å². The van der Waals surface area contributed by atoms with Crippen LogP contribution in [0, 0.1) is 10.8 Å². The highest BCUT2D eigenvalue weighted by Gasteiger charge is 2.88. The highest BCUT2D eigenvalue weighted by Crippen LogP contribution is 2.86. The molecule has 3 fully saturated rings. The van der Waals surface area contributed by atoms with Crippen molar-refractivity contribution >= 4 is 0 Å². The van der Waals surface area contributed by atoms with Crippen LogP contribution < -0.4 is 0 Å². The van der Waals surface area contributed by atoms with Crippen molar-refractivity contribution < 1.29 is 9.78 Å². The topological polar surface area (TPSA) is 18.5 Å². The van der Waals surface area contributed by atoms with Crippen molar-refractivity contribution in [3.05, 3.63) is 48.0 Å². The van der Waals surface area contributed by atoms with Crippen LogP contribution in [0.2, 0.25) is 0 Å². The average Bonchev–Trinajstić information content (AvgIpc) is 2.67. The molecular formula is C16H16O2. The van der Waals surface area contributed by atoms with Crippen LogP contribution in [-0.4, -0.2) is 11.7 Å². The summed E-state index contributed by atoms with van der Waals surface area (Å²) in [4.78, 5) is 11.4. The van der Waals surface area contributed by atoms with Crippen molar-refractivity contribution in [3.63, 3.8) is 0 Å². The van der Waals surface area contributed by atoms with E-state index in [0.29, 0.717) is 11.3 Å². The van der Waals surface area contributed by atoms with Crippen LogP contribution in [0.15, 0.2) is 42.5 Å². The minimum Gasteiger partial charge on any atom is -0.227 e. The van der Waals surface area contributed by atoms with Crippen molar-refractivity contribution in [2.45, 2.75) is 37.4 Å². The summed E-state index contributed by atoms with van der Waals surface area (Å²) in [5.41, 5.74) is 1.84. The van der Waals surface area contributed by atoms with Gasteiger partial charge >= 0.3 is 0 Å². The van der Waals surface area contributed by atoms with Gasteiger partial charge in [0.1, 0.15) is 11.7 Å². The largest absolute Gasteiger partial charge is 0.227 e. The summed E-state index contributed by atoms with van der Waals surface area (Å²) in [6, 6.07) is 10.8. The zero-order chi connectivity index (χ0) is 12.0. The third-order valence-electron chi connectivity index (χ3n) is 5.99. The molecular weight excluding hydrogens is 224 g/mol. The number of hydrogen-bond acceptors (Lipinski definition) is 2. The molecule has 3 aliphatic carbocycles. The number of rotatable bonds is 1. The second-order valence-electron chi connectivity index (χ2n) is 6.63. The lowest BCUT2D eigenvalue weighted by atomic mass is 9.77. The Morgan fingerprint density at radius 1 is 1.22 bits per heavy atom. The SMILES string of the molecule is C[C@@]12C[C@@H](c3ccccc3)[C@]34C=C[C@@H](OO3)[C@@]14C2. The molecule has 1 saturated heterocycles. The molecule has 1 aliphatic heterocycles. The molecule has 18 heavy (non-hydrogen) atoms. The second-order valence-corrected chi connectivity index (χ2v) is 6.63. The lowest BCUT2D eigenvalue weighted by molar-refractivity contribution is -0.319.